The van der Waals surface area contributed by atoms with Crippen LogP contribution in [0.2, 0.25) is 0 Å². The molecule has 1 heteroatoms. The van der Waals surface area contributed by atoms with Gasteiger partial charge in [0.05, 0.1) is 12.0 Å². The van der Waals surface area contributed by atoms with Gasteiger partial charge in [-0.1, -0.05) is 60.7 Å². The third-order valence-electron chi connectivity index (χ3n) is 4.24. The average Bonchev–Trinajstić information content (AvgIpc) is 3.16. The second-order valence-electron chi connectivity index (χ2n) is 5.81. The predicted octanol–water partition coefficient (Wildman–Crippen LogP) is 4.09. The number of hydrogen-bond donors (Lipinski definition) is 1. The molecule has 0 amide bonds. The molecule has 1 aliphatic rings. The first-order valence-corrected chi connectivity index (χ1v) is 7.37. The van der Waals surface area contributed by atoms with E-state index in [2.05, 4.69) is 68.1 Å². The van der Waals surface area contributed by atoms with Gasteiger partial charge in [-0.2, -0.15) is 0 Å². The SMILES string of the molecule is CC(C)=C=C1C(CO)C1(c1ccccc1)c1ccccc1. The van der Waals surface area contributed by atoms with E-state index in [1.54, 1.807) is 0 Å². The standard InChI is InChI=1S/C20H20O/c1-15(2)13-18-19(14-21)20(18,16-9-5-3-6-10-16)17-11-7-4-8-12-17/h3-12,19,21H,14H2,1-2H3. The largest absolute Gasteiger partial charge is 0.396 e. The molecule has 0 aliphatic heterocycles. The van der Waals surface area contributed by atoms with E-state index < -0.39 is 0 Å². The van der Waals surface area contributed by atoms with Gasteiger partial charge in [-0.15, -0.1) is 5.73 Å². The minimum absolute atomic E-state index is 0.122. The normalized spacial score (nSPS) is 19.0. The van der Waals surface area contributed by atoms with E-state index in [9.17, 15) is 5.11 Å². The minimum atomic E-state index is -0.214. The van der Waals surface area contributed by atoms with E-state index in [4.69, 9.17) is 0 Å². The molecule has 21 heavy (non-hydrogen) atoms. The number of aliphatic hydroxyl groups is 1. The van der Waals surface area contributed by atoms with Crippen molar-refractivity contribution in [3.05, 3.63) is 88.7 Å². The monoisotopic (exact) mass is 276 g/mol. The third-order valence-corrected chi connectivity index (χ3v) is 4.24. The van der Waals surface area contributed by atoms with Crippen molar-refractivity contribution in [1.29, 1.82) is 0 Å². The summed E-state index contributed by atoms with van der Waals surface area (Å²) in [6, 6.07) is 20.9. The summed E-state index contributed by atoms with van der Waals surface area (Å²) in [7, 11) is 0. The van der Waals surface area contributed by atoms with E-state index in [1.807, 2.05) is 12.1 Å². The molecule has 2 aromatic carbocycles. The number of benzene rings is 2. The molecule has 0 bridgehead atoms. The van der Waals surface area contributed by atoms with Gasteiger partial charge in [0.25, 0.3) is 0 Å². The number of rotatable bonds is 3. The van der Waals surface area contributed by atoms with Crippen LogP contribution < -0.4 is 0 Å². The van der Waals surface area contributed by atoms with Crippen molar-refractivity contribution >= 4 is 0 Å². The molecule has 0 spiro atoms. The molecule has 1 atom stereocenters. The van der Waals surface area contributed by atoms with E-state index in [0.717, 1.165) is 5.57 Å². The van der Waals surface area contributed by atoms with Crippen LogP contribution in [0.1, 0.15) is 25.0 Å². The van der Waals surface area contributed by atoms with Crippen LogP contribution in [0.4, 0.5) is 0 Å². The molecular formula is C20H20O. The van der Waals surface area contributed by atoms with Gasteiger partial charge in [-0.25, -0.2) is 0 Å². The van der Waals surface area contributed by atoms with Gasteiger partial charge in [0.1, 0.15) is 0 Å². The first kappa shape index (κ1) is 13.9. The van der Waals surface area contributed by atoms with E-state index in [0.29, 0.717) is 0 Å². The molecule has 106 valence electrons. The second-order valence-corrected chi connectivity index (χ2v) is 5.81. The highest BCUT2D eigenvalue weighted by atomic mass is 16.3. The number of hydrogen-bond acceptors (Lipinski definition) is 1. The molecular weight excluding hydrogens is 256 g/mol. The molecule has 1 N–H and O–H groups in total. The third kappa shape index (κ3) is 2.15. The quantitative estimate of drug-likeness (QED) is 0.837. The maximum absolute atomic E-state index is 9.88. The lowest BCUT2D eigenvalue weighted by atomic mass is 9.85. The lowest BCUT2D eigenvalue weighted by Crippen LogP contribution is -2.14. The Balaban J connectivity index is 2.27. The molecule has 0 saturated heterocycles. The molecule has 2 aromatic rings. The van der Waals surface area contributed by atoms with Crippen LogP contribution >= 0.6 is 0 Å². The fourth-order valence-electron chi connectivity index (χ4n) is 3.36. The van der Waals surface area contributed by atoms with Crippen LogP contribution in [-0.2, 0) is 5.41 Å². The Morgan fingerprint density at radius 3 is 1.81 bits per heavy atom. The Hall–Kier alpha value is -2.08. The van der Waals surface area contributed by atoms with Crippen molar-refractivity contribution < 1.29 is 5.11 Å². The topological polar surface area (TPSA) is 20.2 Å². The Labute approximate surface area is 126 Å². The van der Waals surface area contributed by atoms with Crippen LogP contribution in [0.3, 0.4) is 0 Å². The Morgan fingerprint density at radius 2 is 1.43 bits per heavy atom. The second kappa shape index (κ2) is 5.37. The number of aliphatic hydroxyl groups excluding tert-OH is 1. The molecule has 1 fully saturated rings. The Bertz CT molecular complexity index is 648. The van der Waals surface area contributed by atoms with Gasteiger partial charge in [-0.3, -0.25) is 0 Å². The van der Waals surface area contributed by atoms with Gasteiger partial charge in [0.15, 0.2) is 0 Å². The lowest BCUT2D eigenvalue weighted by molar-refractivity contribution is 0.270. The highest BCUT2D eigenvalue weighted by molar-refractivity contribution is 5.63. The highest BCUT2D eigenvalue weighted by Gasteiger charge is 2.61. The van der Waals surface area contributed by atoms with E-state index >= 15 is 0 Å². The lowest BCUT2D eigenvalue weighted by Gasteiger charge is -2.17. The van der Waals surface area contributed by atoms with Crippen molar-refractivity contribution in [1.82, 2.24) is 0 Å². The van der Waals surface area contributed by atoms with Gasteiger partial charge < -0.3 is 5.11 Å². The van der Waals surface area contributed by atoms with Crippen molar-refractivity contribution in [2.24, 2.45) is 5.92 Å². The summed E-state index contributed by atoms with van der Waals surface area (Å²) >= 11 is 0. The molecule has 0 heterocycles. The molecule has 1 nitrogen and oxygen atoms in total. The smallest absolute Gasteiger partial charge is 0.0583 e. The Morgan fingerprint density at radius 1 is 0.952 bits per heavy atom. The highest BCUT2D eigenvalue weighted by Crippen LogP contribution is 2.63. The van der Waals surface area contributed by atoms with E-state index in [1.165, 1.54) is 16.7 Å². The van der Waals surface area contributed by atoms with Crippen LogP contribution in [0.25, 0.3) is 0 Å². The van der Waals surface area contributed by atoms with Crippen molar-refractivity contribution in [2.75, 3.05) is 6.61 Å². The van der Waals surface area contributed by atoms with Crippen LogP contribution in [0.15, 0.2) is 77.5 Å². The van der Waals surface area contributed by atoms with Crippen molar-refractivity contribution in [2.45, 2.75) is 19.3 Å². The molecule has 1 unspecified atom stereocenters. The zero-order valence-electron chi connectivity index (χ0n) is 12.5. The van der Waals surface area contributed by atoms with Crippen LogP contribution in [0.5, 0.6) is 0 Å². The molecule has 3 rings (SSSR count). The maximum Gasteiger partial charge on any atom is 0.0583 e. The summed E-state index contributed by atoms with van der Waals surface area (Å²) in [6.45, 7) is 4.26. The summed E-state index contributed by atoms with van der Waals surface area (Å²) in [4.78, 5) is 0. The zero-order valence-corrected chi connectivity index (χ0v) is 12.5. The summed E-state index contributed by atoms with van der Waals surface area (Å²) in [5, 5.41) is 9.88. The van der Waals surface area contributed by atoms with Gasteiger partial charge >= 0.3 is 0 Å². The zero-order chi connectivity index (χ0) is 14.9. The molecule has 0 radical (unpaired) electrons. The van der Waals surface area contributed by atoms with E-state index in [-0.39, 0.29) is 17.9 Å². The van der Waals surface area contributed by atoms with Gasteiger partial charge in [-0.05, 0) is 36.1 Å². The minimum Gasteiger partial charge on any atom is -0.396 e. The first-order valence-electron chi connectivity index (χ1n) is 7.37. The summed E-state index contributed by atoms with van der Waals surface area (Å²) in [6.07, 6.45) is 0. The fraction of sp³-hybridized carbons (Fsp3) is 0.250. The predicted molar refractivity (Wildman–Crippen MR) is 86.1 cm³/mol. The van der Waals surface area contributed by atoms with Crippen molar-refractivity contribution in [3.8, 4) is 0 Å². The molecule has 0 aromatic heterocycles. The van der Waals surface area contributed by atoms with Crippen LogP contribution in [0, 0.1) is 5.92 Å². The maximum atomic E-state index is 9.88. The van der Waals surface area contributed by atoms with Crippen LogP contribution in [-0.4, -0.2) is 11.7 Å². The Kier molecular flexibility index (Phi) is 3.55. The summed E-state index contributed by atoms with van der Waals surface area (Å²) in [5.41, 5.74) is 8.08. The molecule has 1 aliphatic carbocycles. The fourth-order valence-corrected chi connectivity index (χ4v) is 3.36. The summed E-state index contributed by atoms with van der Waals surface area (Å²) in [5.74, 6) is 0.122. The van der Waals surface area contributed by atoms with Crippen molar-refractivity contribution in [3.63, 3.8) is 0 Å². The summed E-state index contributed by atoms with van der Waals surface area (Å²) < 4.78 is 0. The molecule has 1 saturated carbocycles. The van der Waals surface area contributed by atoms with Gasteiger partial charge in [0, 0.05) is 5.92 Å². The average molecular weight is 276 g/mol. The first-order chi connectivity index (χ1) is 10.2. The van der Waals surface area contributed by atoms with Gasteiger partial charge in [0.2, 0.25) is 0 Å².